The Kier molecular flexibility index (Phi) is 9.13. The van der Waals surface area contributed by atoms with Crippen LogP contribution in [0, 0.1) is 17.1 Å². The number of rotatable bonds is 10. The largest absolute Gasteiger partial charge is 0.452 e. The van der Waals surface area contributed by atoms with Gasteiger partial charge in [-0.2, -0.15) is 5.26 Å². The lowest BCUT2D eigenvalue weighted by atomic mass is 10.1. The first-order valence-corrected chi connectivity index (χ1v) is 14.1. The summed E-state index contributed by atoms with van der Waals surface area (Å²) in [6, 6.07) is 7.93. The quantitative estimate of drug-likeness (QED) is 0.262. The molecule has 0 saturated carbocycles. The summed E-state index contributed by atoms with van der Waals surface area (Å²) >= 11 is 1.27. The van der Waals surface area contributed by atoms with Gasteiger partial charge in [0.25, 0.3) is 5.56 Å². The van der Waals surface area contributed by atoms with E-state index in [2.05, 4.69) is 29.9 Å². The lowest BCUT2D eigenvalue weighted by Crippen LogP contribution is -2.44. The average molecular weight is 592 g/mol. The average Bonchev–Trinajstić information content (AvgIpc) is 3.02. The van der Waals surface area contributed by atoms with Crippen molar-refractivity contribution in [3.05, 3.63) is 70.3 Å². The van der Waals surface area contributed by atoms with Crippen LogP contribution in [0.3, 0.4) is 0 Å². The summed E-state index contributed by atoms with van der Waals surface area (Å²) < 4.78 is 32.8. The third kappa shape index (κ3) is 6.00. The molecule has 0 unspecified atom stereocenters. The molecular weight excluding hydrogens is 561 g/mol. The molecule has 2 aromatic carbocycles. The van der Waals surface area contributed by atoms with Crippen LogP contribution >= 0.6 is 12.1 Å². The van der Waals surface area contributed by atoms with Crippen molar-refractivity contribution in [2.75, 3.05) is 56.5 Å². The molecule has 1 aliphatic rings. The third-order valence-electron chi connectivity index (χ3n) is 6.77. The molecule has 0 spiro atoms. The van der Waals surface area contributed by atoms with Crippen LogP contribution in [0.15, 0.2) is 47.8 Å². The second-order valence-corrected chi connectivity index (χ2v) is 10.4. The van der Waals surface area contributed by atoms with Gasteiger partial charge in [-0.25, -0.2) is 23.6 Å². The van der Waals surface area contributed by atoms with Crippen molar-refractivity contribution in [1.82, 2.24) is 29.1 Å². The van der Waals surface area contributed by atoms with Gasteiger partial charge in [-0.3, -0.25) is 9.36 Å². The van der Waals surface area contributed by atoms with Gasteiger partial charge in [-0.15, -0.1) is 0 Å². The zero-order chi connectivity index (χ0) is 29.6. The standard InChI is InChI=1S/C28H30FN9O3S/c1-4-36(2)42-35-22-6-5-21(29)26(19(22)13-30)41-24-8-7-23-25(20(24)16-40-3)27(39)38(17-34-23)18-14-32-28(33-15-18)37-11-9-31-10-12-37/h5-8,14-15,17,31,35H,4,9-12,16H2,1-3H3. The Morgan fingerprint density at radius 1 is 1.19 bits per heavy atom. The van der Waals surface area contributed by atoms with Crippen LogP contribution in [-0.4, -0.2) is 70.7 Å². The maximum atomic E-state index is 15.1. The van der Waals surface area contributed by atoms with Gasteiger partial charge >= 0.3 is 0 Å². The minimum Gasteiger partial charge on any atom is -0.452 e. The summed E-state index contributed by atoms with van der Waals surface area (Å²) in [7, 11) is 3.36. The SMILES string of the molecule is CCN(C)SNc1ccc(F)c(Oc2ccc3ncn(-c4cnc(N5CCNCC5)nc4)c(=O)c3c2COC)c1C#N. The molecule has 12 nitrogen and oxygen atoms in total. The van der Waals surface area contributed by atoms with Crippen LogP contribution in [0.25, 0.3) is 16.6 Å². The fourth-order valence-electron chi connectivity index (χ4n) is 4.44. The van der Waals surface area contributed by atoms with Crippen molar-refractivity contribution >= 4 is 34.7 Å². The van der Waals surface area contributed by atoms with E-state index >= 15 is 4.39 Å². The van der Waals surface area contributed by atoms with E-state index in [4.69, 9.17) is 9.47 Å². The molecule has 0 bridgehead atoms. The summed E-state index contributed by atoms with van der Waals surface area (Å²) in [4.78, 5) is 29.3. The molecule has 3 heterocycles. The van der Waals surface area contributed by atoms with E-state index < -0.39 is 11.4 Å². The van der Waals surface area contributed by atoms with E-state index in [1.54, 1.807) is 24.5 Å². The van der Waals surface area contributed by atoms with E-state index in [9.17, 15) is 10.1 Å². The number of piperazine rings is 1. The first-order valence-electron chi connectivity index (χ1n) is 13.3. The highest BCUT2D eigenvalue weighted by Crippen LogP contribution is 2.37. The molecule has 1 aliphatic heterocycles. The molecule has 2 N–H and O–H groups in total. The highest BCUT2D eigenvalue weighted by atomic mass is 32.2. The van der Waals surface area contributed by atoms with Gasteiger partial charge in [0.05, 0.1) is 41.3 Å². The topological polar surface area (TPSA) is 133 Å². The van der Waals surface area contributed by atoms with Crippen molar-refractivity contribution < 1.29 is 13.9 Å². The predicted molar refractivity (Wildman–Crippen MR) is 159 cm³/mol. The van der Waals surface area contributed by atoms with Crippen LogP contribution in [0.2, 0.25) is 0 Å². The summed E-state index contributed by atoms with van der Waals surface area (Å²) in [6.07, 6.45) is 4.58. The molecule has 1 saturated heterocycles. The molecule has 0 radical (unpaired) electrons. The van der Waals surface area contributed by atoms with E-state index in [1.165, 1.54) is 42.3 Å². The second kappa shape index (κ2) is 13.1. The van der Waals surface area contributed by atoms with Crippen LogP contribution < -0.4 is 25.2 Å². The lowest BCUT2D eigenvalue weighted by molar-refractivity contribution is 0.183. The second-order valence-electron chi connectivity index (χ2n) is 9.42. The fraction of sp³-hybridized carbons (Fsp3) is 0.321. The molecule has 0 aliphatic carbocycles. The molecule has 14 heteroatoms. The van der Waals surface area contributed by atoms with Crippen molar-refractivity contribution in [3.63, 3.8) is 0 Å². The molecule has 5 rings (SSSR count). The number of hydrogen-bond donors (Lipinski definition) is 2. The number of nitrogens with zero attached hydrogens (tertiary/aromatic N) is 7. The zero-order valence-corrected chi connectivity index (χ0v) is 24.2. The highest BCUT2D eigenvalue weighted by Gasteiger charge is 2.21. The van der Waals surface area contributed by atoms with Crippen molar-refractivity contribution in [2.45, 2.75) is 13.5 Å². The Balaban J connectivity index is 1.54. The Morgan fingerprint density at radius 2 is 1.95 bits per heavy atom. The van der Waals surface area contributed by atoms with Gasteiger partial charge < -0.3 is 24.4 Å². The molecule has 218 valence electrons. The fourth-order valence-corrected chi connectivity index (χ4v) is 5.00. The minimum absolute atomic E-state index is 0.0132. The molecule has 0 amide bonds. The maximum Gasteiger partial charge on any atom is 0.266 e. The number of aromatic nitrogens is 4. The van der Waals surface area contributed by atoms with Gasteiger partial charge in [-0.05, 0) is 31.3 Å². The summed E-state index contributed by atoms with van der Waals surface area (Å²) in [5.41, 5.74) is 1.19. The van der Waals surface area contributed by atoms with Crippen LogP contribution in [0.5, 0.6) is 11.5 Å². The van der Waals surface area contributed by atoms with Crippen molar-refractivity contribution in [3.8, 4) is 23.3 Å². The number of halogens is 1. The van der Waals surface area contributed by atoms with E-state index in [0.717, 1.165) is 32.7 Å². The van der Waals surface area contributed by atoms with Gasteiger partial charge in [0.15, 0.2) is 11.6 Å². The Hall–Kier alpha value is -4.29. The summed E-state index contributed by atoms with van der Waals surface area (Å²) in [5.74, 6) is -0.235. The number of methoxy groups -OCH3 is 1. The molecular formula is C28H30FN9O3S. The number of hydrogen-bond acceptors (Lipinski definition) is 12. The van der Waals surface area contributed by atoms with Crippen LogP contribution in [-0.2, 0) is 11.3 Å². The van der Waals surface area contributed by atoms with E-state index in [1.807, 2.05) is 24.3 Å². The molecule has 1 fully saturated rings. The summed E-state index contributed by atoms with van der Waals surface area (Å²) in [5, 5.41) is 13.4. The Bertz CT molecular complexity index is 1670. The molecule has 2 aromatic heterocycles. The lowest BCUT2D eigenvalue weighted by Gasteiger charge is -2.27. The maximum absolute atomic E-state index is 15.1. The smallest absolute Gasteiger partial charge is 0.266 e. The Labute approximate surface area is 246 Å². The van der Waals surface area contributed by atoms with Crippen molar-refractivity contribution in [2.24, 2.45) is 0 Å². The number of nitriles is 1. The van der Waals surface area contributed by atoms with Gasteiger partial charge in [0.1, 0.15) is 23.7 Å². The van der Waals surface area contributed by atoms with E-state index in [0.29, 0.717) is 28.4 Å². The third-order valence-corrected chi connectivity index (χ3v) is 7.66. The van der Waals surface area contributed by atoms with Crippen LogP contribution in [0.4, 0.5) is 16.0 Å². The number of ether oxygens (including phenoxy) is 2. The Morgan fingerprint density at radius 3 is 2.64 bits per heavy atom. The van der Waals surface area contributed by atoms with Gasteiger partial charge in [0, 0.05) is 57.5 Å². The predicted octanol–water partition coefficient (Wildman–Crippen LogP) is 3.46. The van der Waals surface area contributed by atoms with Crippen LogP contribution in [0.1, 0.15) is 18.1 Å². The van der Waals surface area contributed by atoms with Gasteiger partial charge in [-0.1, -0.05) is 6.92 Å². The molecule has 42 heavy (non-hydrogen) atoms. The number of nitrogens with one attached hydrogen (secondary N) is 2. The van der Waals surface area contributed by atoms with Crippen molar-refractivity contribution in [1.29, 1.82) is 5.26 Å². The van der Waals surface area contributed by atoms with E-state index in [-0.39, 0.29) is 29.1 Å². The molecule has 4 aromatic rings. The summed E-state index contributed by atoms with van der Waals surface area (Å²) in [6.45, 7) is 5.99. The first kappa shape index (κ1) is 29.2. The highest BCUT2D eigenvalue weighted by molar-refractivity contribution is 7.98. The first-order chi connectivity index (χ1) is 20.4. The zero-order valence-electron chi connectivity index (χ0n) is 23.4. The number of fused-ring (bicyclic) bond motifs is 1. The normalized spacial score (nSPS) is 13.4. The minimum atomic E-state index is -0.722. The monoisotopic (exact) mass is 591 g/mol. The number of benzene rings is 2. The van der Waals surface area contributed by atoms with Gasteiger partial charge in [0.2, 0.25) is 5.95 Å². The molecule has 0 atom stereocenters. The number of anilines is 2.